The van der Waals surface area contributed by atoms with Crippen LogP contribution in [0.1, 0.15) is 13.8 Å². The van der Waals surface area contributed by atoms with Gasteiger partial charge in [0.1, 0.15) is 5.84 Å². The SMILES string of the molecule is CCN1N=C(C)C2C(C(F)F)=CC(=O)N=C21. The Morgan fingerprint density at radius 3 is 2.81 bits per heavy atom. The van der Waals surface area contributed by atoms with Crippen LogP contribution in [0.25, 0.3) is 0 Å². The van der Waals surface area contributed by atoms with Crippen molar-refractivity contribution >= 4 is 17.5 Å². The summed E-state index contributed by atoms with van der Waals surface area (Å²) in [6.07, 6.45) is -1.74. The van der Waals surface area contributed by atoms with Crippen molar-refractivity contribution in [2.75, 3.05) is 6.54 Å². The summed E-state index contributed by atoms with van der Waals surface area (Å²) in [6.45, 7) is 4.00. The van der Waals surface area contributed by atoms with E-state index in [1.165, 1.54) is 5.01 Å². The number of alkyl halides is 2. The summed E-state index contributed by atoms with van der Waals surface area (Å²) < 4.78 is 25.6. The van der Waals surface area contributed by atoms with Crippen LogP contribution in [0.5, 0.6) is 0 Å². The van der Waals surface area contributed by atoms with Crippen molar-refractivity contribution in [1.82, 2.24) is 5.01 Å². The molecule has 1 amide bonds. The summed E-state index contributed by atoms with van der Waals surface area (Å²) in [7, 11) is 0. The molecule has 0 aromatic carbocycles. The molecule has 0 N–H and O–H groups in total. The van der Waals surface area contributed by atoms with Crippen molar-refractivity contribution < 1.29 is 13.6 Å². The molecule has 2 aliphatic heterocycles. The van der Waals surface area contributed by atoms with Gasteiger partial charge in [0.25, 0.3) is 12.3 Å². The Kier molecular flexibility index (Phi) is 2.57. The molecule has 0 aliphatic carbocycles. The zero-order valence-corrected chi connectivity index (χ0v) is 8.94. The Bertz CT molecular complexity index is 426. The van der Waals surface area contributed by atoms with Gasteiger partial charge in [0, 0.05) is 18.2 Å². The van der Waals surface area contributed by atoms with E-state index < -0.39 is 18.3 Å². The summed E-state index contributed by atoms with van der Waals surface area (Å²) in [5.74, 6) is -0.939. The van der Waals surface area contributed by atoms with Gasteiger partial charge >= 0.3 is 0 Å². The maximum Gasteiger partial charge on any atom is 0.271 e. The van der Waals surface area contributed by atoms with Crippen LogP contribution in [0, 0.1) is 5.92 Å². The van der Waals surface area contributed by atoms with E-state index >= 15 is 0 Å². The van der Waals surface area contributed by atoms with Crippen LogP contribution < -0.4 is 0 Å². The van der Waals surface area contributed by atoms with E-state index in [0.717, 1.165) is 6.08 Å². The van der Waals surface area contributed by atoms with Crippen molar-refractivity contribution in [3.8, 4) is 0 Å². The number of hydrogen-bond donors (Lipinski definition) is 0. The summed E-state index contributed by atoms with van der Waals surface area (Å²) in [4.78, 5) is 15.0. The molecule has 0 fully saturated rings. The van der Waals surface area contributed by atoms with Gasteiger partial charge in [-0.1, -0.05) is 0 Å². The Labute approximate surface area is 91.3 Å². The number of hydrogen-bond acceptors (Lipinski definition) is 3. The molecule has 0 spiro atoms. The standard InChI is InChI=1S/C10H11F2N3O/c1-3-15-10-8(5(2)14-15)6(9(11)12)4-7(16)13-10/h4,8-9H,3H2,1-2H3. The molecule has 0 saturated carbocycles. The average molecular weight is 227 g/mol. The predicted octanol–water partition coefficient (Wildman–Crippen LogP) is 1.44. The fourth-order valence-electron chi connectivity index (χ4n) is 1.94. The zero-order valence-electron chi connectivity index (χ0n) is 8.94. The van der Waals surface area contributed by atoms with Crippen molar-refractivity contribution in [2.45, 2.75) is 20.3 Å². The van der Waals surface area contributed by atoms with Crippen molar-refractivity contribution in [1.29, 1.82) is 0 Å². The van der Waals surface area contributed by atoms with Crippen LogP contribution in [0.2, 0.25) is 0 Å². The minimum absolute atomic E-state index is 0.202. The number of carbonyl (C=O) groups is 1. The van der Waals surface area contributed by atoms with Gasteiger partial charge in [0.05, 0.1) is 11.6 Å². The van der Waals surface area contributed by atoms with Crippen LogP contribution in [-0.4, -0.2) is 35.4 Å². The van der Waals surface area contributed by atoms with Crippen LogP contribution in [0.3, 0.4) is 0 Å². The first-order valence-electron chi connectivity index (χ1n) is 4.99. The Morgan fingerprint density at radius 1 is 1.56 bits per heavy atom. The average Bonchev–Trinajstić information content (AvgIpc) is 2.54. The highest BCUT2D eigenvalue weighted by molar-refractivity contribution is 6.18. The Morgan fingerprint density at radius 2 is 2.25 bits per heavy atom. The summed E-state index contributed by atoms with van der Waals surface area (Å²) >= 11 is 0. The molecule has 6 heteroatoms. The number of carbonyl (C=O) groups excluding carboxylic acids is 1. The van der Waals surface area contributed by atoms with Gasteiger partial charge in [-0.25, -0.2) is 8.78 Å². The lowest BCUT2D eigenvalue weighted by Crippen LogP contribution is -2.34. The molecule has 0 saturated heterocycles. The third-order valence-corrected chi connectivity index (χ3v) is 2.62. The van der Waals surface area contributed by atoms with Crippen LogP contribution in [0.15, 0.2) is 21.7 Å². The molecule has 2 rings (SSSR count). The second kappa shape index (κ2) is 3.77. The molecular weight excluding hydrogens is 216 g/mol. The summed E-state index contributed by atoms with van der Waals surface area (Å²) in [5.41, 5.74) is 0.354. The first-order valence-corrected chi connectivity index (χ1v) is 4.99. The third-order valence-electron chi connectivity index (χ3n) is 2.62. The van der Waals surface area contributed by atoms with E-state index in [0.29, 0.717) is 18.1 Å². The fraction of sp³-hybridized carbons (Fsp3) is 0.500. The molecule has 86 valence electrons. The molecule has 16 heavy (non-hydrogen) atoms. The number of halogens is 2. The fourth-order valence-corrected chi connectivity index (χ4v) is 1.94. The van der Waals surface area contributed by atoms with Gasteiger partial charge in [-0.05, 0) is 13.8 Å². The van der Waals surface area contributed by atoms with Crippen LogP contribution >= 0.6 is 0 Å². The molecule has 0 bridgehead atoms. The van der Waals surface area contributed by atoms with E-state index in [1.54, 1.807) is 6.92 Å². The lowest BCUT2D eigenvalue weighted by atomic mass is 9.92. The van der Waals surface area contributed by atoms with E-state index in [2.05, 4.69) is 10.1 Å². The molecule has 2 aliphatic rings. The largest absolute Gasteiger partial charge is 0.271 e. The van der Waals surface area contributed by atoms with E-state index in [1.807, 2.05) is 6.92 Å². The number of hydrazone groups is 1. The number of aliphatic imine (C=N–C) groups is 1. The van der Waals surface area contributed by atoms with Gasteiger partial charge < -0.3 is 0 Å². The van der Waals surface area contributed by atoms with E-state index in [4.69, 9.17) is 0 Å². The Hall–Kier alpha value is -1.59. The number of fused-ring (bicyclic) bond motifs is 1. The highest BCUT2D eigenvalue weighted by Gasteiger charge is 2.39. The zero-order chi connectivity index (χ0) is 11.9. The molecule has 4 nitrogen and oxygen atoms in total. The third kappa shape index (κ3) is 1.54. The second-order valence-corrected chi connectivity index (χ2v) is 3.64. The van der Waals surface area contributed by atoms with E-state index in [-0.39, 0.29) is 5.57 Å². The molecule has 1 unspecified atom stereocenters. The quantitative estimate of drug-likeness (QED) is 0.716. The predicted molar refractivity (Wildman–Crippen MR) is 55.5 cm³/mol. The normalized spacial score (nSPS) is 24.3. The molecule has 0 radical (unpaired) electrons. The summed E-state index contributed by atoms with van der Waals surface area (Å²) in [6, 6.07) is 0. The molecule has 0 aromatic heterocycles. The first kappa shape index (κ1) is 10.9. The molecule has 1 atom stereocenters. The smallest absolute Gasteiger partial charge is 0.267 e. The minimum atomic E-state index is -2.65. The number of amides is 1. The molecule has 2 heterocycles. The van der Waals surface area contributed by atoms with Gasteiger partial charge in [-0.15, -0.1) is 0 Å². The highest BCUT2D eigenvalue weighted by atomic mass is 19.3. The van der Waals surface area contributed by atoms with Gasteiger partial charge in [-0.2, -0.15) is 10.1 Å². The monoisotopic (exact) mass is 227 g/mol. The minimum Gasteiger partial charge on any atom is -0.267 e. The summed E-state index contributed by atoms with van der Waals surface area (Å²) in [5, 5.41) is 5.60. The number of nitrogens with zero attached hydrogens (tertiary/aromatic N) is 3. The van der Waals surface area contributed by atoms with E-state index in [9.17, 15) is 13.6 Å². The lowest BCUT2D eigenvalue weighted by molar-refractivity contribution is -0.113. The molecular formula is C10H11F2N3O. The maximum atomic E-state index is 12.8. The number of amidine groups is 1. The van der Waals surface area contributed by atoms with Crippen LogP contribution in [-0.2, 0) is 4.79 Å². The van der Waals surface area contributed by atoms with Crippen molar-refractivity contribution in [2.24, 2.45) is 16.0 Å². The second-order valence-electron chi connectivity index (χ2n) is 3.64. The van der Waals surface area contributed by atoms with Gasteiger partial charge in [0.2, 0.25) is 0 Å². The topological polar surface area (TPSA) is 45.0 Å². The van der Waals surface area contributed by atoms with Gasteiger partial charge in [0.15, 0.2) is 0 Å². The first-order chi connectivity index (χ1) is 7.54. The van der Waals surface area contributed by atoms with Crippen LogP contribution in [0.4, 0.5) is 8.78 Å². The number of dihydropyridines is 1. The number of rotatable bonds is 2. The van der Waals surface area contributed by atoms with Crippen molar-refractivity contribution in [3.63, 3.8) is 0 Å². The maximum absolute atomic E-state index is 12.8. The van der Waals surface area contributed by atoms with Gasteiger partial charge in [-0.3, -0.25) is 9.80 Å². The Balaban J connectivity index is 2.43. The molecule has 0 aromatic rings. The van der Waals surface area contributed by atoms with Crippen molar-refractivity contribution in [3.05, 3.63) is 11.6 Å². The highest BCUT2D eigenvalue weighted by Crippen LogP contribution is 2.30. The lowest BCUT2D eigenvalue weighted by Gasteiger charge is -2.21.